The fourth-order valence-corrected chi connectivity index (χ4v) is 0.750. The normalized spacial score (nSPS) is 14.9. The predicted molar refractivity (Wildman–Crippen MR) is 39.2 cm³/mol. The van der Waals surface area contributed by atoms with Crippen LogP contribution in [0.3, 0.4) is 0 Å². The number of phosphoric ester groups is 1. The molecule has 0 aliphatic carbocycles. The van der Waals surface area contributed by atoms with E-state index in [0.29, 0.717) is 6.29 Å². The molecule has 0 spiro atoms. The molecule has 70 valence electrons. The Morgan fingerprint density at radius 2 is 2.08 bits per heavy atom. The van der Waals surface area contributed by atoms with E-state index < -0.39 is 20.5 Å². The van der Waals surface area contributed by atoms with Gasteiger partial charge in [0, 0.05) is 0 Å². The summed E-state index contributed by atoms with van der Waals surface area (Å²) in [4.78, 5) is 26.1. The molecule has 0 aromatic rings. The Balaban J connectivity index is 3.71. The summed E-state index contributed by atoms with van der Waals surface area (Å²) in [6.07, 6.45) is 1.31. The van der Waals surface area contributed by atoms with Gasteiger partial charge in [-0.15, -0.1) is 0 Å². The number of rotatable bonds is 5. The van der Waals surface area contributed by atoms with E-state index in [1.807, 2.05) is 0 Å². The van der Waals surface area contributed by atoms with Gasteiger partial charge in [-0.3, -0.25) is 9.32 Å². The number of carbonyl (C=O) groups excluding carboxylic acids is 1. The van der Waals surface area contributed by atoms with Crippen molar-refractivity contribution in [3.05, 3.63) is 12.2 Å². The first-order chi connectivity index (χ1) is 5.45. The maximum Gasteiger partial charge on any atom is 0.469 e. The molecule has 1 atom stereocenters. The second-order valence-corrected chi connectivity index (χ2v) is 3.11. The minimum absolute atomic E-state index is 0.431. The average Bonchev–Trinajstić information content (AvgIpc) is 1.95. The van der Waals surface area contributed by atoms with Gasteiger partial charge in [0.1, 0.15) is 6.29 Å². The molecule has 0 bridgehead atoms. The molecule has 0 unspecified atom stereocenters. The summed E-state index contributed by atoms with van der Waals surface area (Å²) >= 11 is 0. The maximum atomic E-state index is 10.1. The van der Waals surface area contributed by atoms with Crippen molar-refractivity contribution >= 4 is 14.1 Å². The van der Waals surface area contributed by atoms with Crippen LogP contribution in [0.15, 0.2) is 12.2 Å². The molecule has 0 heterocycles. The Kier molecular flexibility index (Phi) is 4.96. The summed E-state index contributed by atoms with van der Waals surface area (Å²) in [5, 5.41) is 8.83. The highest BCUT2D eigenvalue weighted by Crippen LogP contribution is 2.35. The largest absolute Gasteiger partial charge is 0.469 e. The zero-order valence-corrected chi connectivity index (χ0v) is 6.92. The maximum absolute atomic E-state index is 10.1. The van der Waals surface area contributed by atoms with E-state index >= 15 is 0 Å². The summed E-state index contributed by atoms with van der Waals surface area (Å²) in [6, 6.07) is 0. The first-order valence-electron chi connectivity index (χ1n) is 2.96. The van der Waals surface area contributed by atoms with E-state index in [1.54, 1.807) is 0 Å². The van der Waals surface area contributed by atoms with Crippen LogP contribution in [0.25, 0.3) is 0 Å². The van der Waals surface area contributed by atoms with Crippen molar-refractivity contribution in [2.75, 3.05) is 6.61 Å². The Morgan fingerprint density at radius 1 is 1.50 bits per heavy atom. The van der Waals surface area contributed by atoms with Crippen LogP contribution in [0.1, 0.15) is 0 Å². The van der Waals surface area contributed by atoms with Crippen LogP contribution in [0.4, 0.5) is 0 Å². The third-order valence-corrected chi connectivity index (χ3v) is 1.31. The summed E-state index contributed by atoms with van der Waals surface area (Å²) in [7, 11) is -4.53. The van der Waals surface area contributed by atoms with Crippen molar-refractivity contribution in [1.82, 2.24) is 0 Å². The summed E-state index contributed by atoms with van der Waals surface area (Å²) in [5.74, 6) is 0. The number of hydrogen-bond acceptors (Lipinski definition) is 4. The van der Waals surface area contributed by atoms with E-state index in [4.69, 9.17) is 14.9 Å². The van der Waals surface area contributed by atoms with E-state index in [2.05, 4.69) is 4.52 Å². The van der Waals surface area contributed by atoms with Crippen molar-refractivity contribution in [2.24, 2.45) is 0 Å². The number of hydrogen-bond donors (Lipinski definition) is 3. The highest BCUT2D eigenvalue weighted by atomic mass is 31.2. The fourth-order valence-electron chi connectivity index (χ4n) is 0.403. The van der Waals surface area contributed by atoms with Gasteiger partial charge < -0.3 is 14.9 Å². The number of carbonyl (C=O) groups is 1. The van der Waals surface area contributed by atoms with Crippen molar-refractivity contribution in [3.63, 3.8) is 0 Å². The lowest BCUT2D eigenvalue weighted by molar-refractivity contribution is -0.104. The number of allylic oxidation sites excluding steroid dienone is 1. The number of phosphoric acid groups is 1. The van der Waals surface area contributed by atoms with Crippen LogP contribution >= 0.6 is 7.82 Å². The minimum Gasteiger partial charge on any atom is -0.387 e. The molecule has 0 amide bonds. The van der Waals surface area contributed by atoms with Crippen LogP contribution in [0.5, 0.6) is 0 Å². The molecule has 7 heteroatoms. The summed E-state index contributed by atoms with van der Waals surface area (Å²) < 4.78 is 14.0. The fraction of sp³-hybridized carbons (Fsp3) is 0.400. The molecule has 0 aliphatic heterocycles. The third kappa shape index (κ3) is 7.59. The van der Waals surface area contributed by atoms with Crippen LogP contribution in [-0.2, 0) is 13.9 Å². The Bertz CT molecular complexity index is 206. The van der Waals surface area contributed by atoms with Crippen LogP contribution < -0.4 is 0 Å². The Morgan fingerprint density at radius 3 is 2.50 bits per heavy atom. The third-order valence-electron chi connectivity index (χ3n) is 0.825. The highest BCUT2D eigenvalue weighted by molar-refractivity contribution is 7.46. The molecular weight excluding hydrogens is 187 g/mol. The van der Waals surface area contributed by atoms with E-state index in [-0.39, 0.29) is 0 Å². The van der Waals surface area contributed by atoms with E-state index in [0.717, 1.165) is 12.2 Å². The van der Waals surface area contributed by atoms with Gasteiger partial charge in [0.05, 0.1) is 12.7 Å². The number of aliphatic hydroxyl groups excluding tert-OH is 1. The van der Waals surface area contributed by atoms with Gasteiger partial charge in [-0.1, -0.05) is 6.08 Å². The van der Waals surface area contributed by atoms with Gasteiger partial charge >= 0.3 is 7.82 Å². The molecule has 0 saturated carbocycles. The van der Waals surface area contributed by atoms with Crippen molar-refractivity contribution < 1.29 is 28.8 Å². The highest BCUT2D eigenvalue weighted by Gasteiger charge is 2.15. The average molecular weight is 196 g/mol. The van der Waals surface area contributed by atoms with Gasteiger partial charge in [-0.25, -0.2) is 4.57 Å². The van der Waals surface area contributed by atoms with Crippen molar-refractivity contribution in [1.29, 1.82) is 0 Å². The van der Waals surface area contributed by atoms with Crippen LogP contribution in [0.2, 0.25) is 0 Å². The first kappa shape index (κ1) is 11.5. The molecule has 0 aliphatic rings. The topological polar surface area (TPSA) is 104 Å². The second-order valence-electron chi connectivity index (χ2n) is 1.87. The smallest absolute Gasteiger partial charge is 0.387 e. The van der Waals surface area contributed by atoms with Gasteiger partial charge in [0.2, 0.25) is 0 Å². The number of aliphatic hydroxyl groups is 1. The SMILES string of the molecule is O=CC=C[C@@H](O)COP(=O)(O)O. The molecule has 0 aromatic carbocycles. The lowest BCUT2D eigenvalue weighted by Crippen LogP contribution is -2.10. The molecule has 3 N–H and O–H groups in total. The molecule has 0 saturated heterocycles. The zero-order chi connectivity index (χ0) is 9.61. The lowest BCUT2D eigenvalue weighted by atomic mass is 10.3. The van der Waals surface area contributed by atoms with Crippen molar-refractivity contribution in [2.45, 2.75) is 6.10 Å². The molecule has 12 heavy (non-hydrogen) atoms. The van der Waals surface area contributed by atoms with E-state index in [1.165, 1.54) is 0 Å². The van der Waals surface area contributed by atoms with Gasteiger partial charge in [-0.05, 0) is 6.08 Å². The van der Waals surface area contributed by atoms with Gasteiger partial charge in [0.25, 0.3) is 0 Å². The Hall–Kier alpha value is -0.520. The molecule has 0 radical (unpaired) electrons. The molecule has 0 aromatic heterocycles. The van der Waals surface area contributed by atoms with Gasteiger partial charge in [-0.2, -0.15) is 0 Å². The second kappa shape index (κ2) is 5.18. The number of aldehydes is 1. The van der Waals surface area contributed by atoms with Crippen LogP contribution in [-0.4, -0.2) is 33.9 Å². The summed E-state index contributed by atoms with van der Waals surface area (Å²) in [5.41, 5.74) is 0. The summed E-state index contributed by atoms with van der Waals surface area (Å²) in [6.45, 7) is -0.547. The standard InChI is InChI=1S/C5H9O6P/c6-3-1-2-5(7)4-11-12(8,9)10/h1-3,5,7H,4H2,(H2,8,9,10)/t5-/m1/s1. The van der Waals surface area contributed by atoms with E-state index in [9.17, 15) is 9.36 Å². The first-order valence-corrected chi connectivity index (χ1v) is 4.49. The zero-order valence-electron chi connectivity index (χ0n) is 6.03. The Labute approximate surface area is 68.7 Å². The molecule has 0 fully saturated rings. The predicted octanol–water partition coefficient (Wildman–Crippen LogP) is -0.788. The minimum atomic E-state index is -4.53. The monoisotopic (exact) mass is 196 g/mol. The molecular formula is C5H9O6P. The molecule has 6 nitrogen and oxygen atoms in total. The quantitative estimate of drug-likeness (QED) is 0.302. The van der Waals surface area contributed by atoms with Crippen molar-refractivity contribution in [3.8, 4) is 0 Å². The lowest BCUT2D eigenvalue weighted by Gasteiger charge is -2.06. The van der Waals surface area contributed by atoms with Gasteiger partial charge in [0.15, 0.2) is 0 Å². The molecule has 0 rings (SSSR count). The van der Waals surface area contributed by atoms with Crippen LogP contribution in [0, 0.1) is 0 Å².